The van der Waals surface area contributed by atoms with E-state index in [1.807, 2.05) is 18.2 Å². The Hall–Kier alpha value is -1.43. The van der Waals surface area contributed by atoms with E-state index in [2.05, 4.69) is 81.3 Å². The van der Waals surface area contributed by atoms with Crippen molar-refractivity contribution in [1.82, 2.24) is 9.80 Å². The summed E-state index contributed by atoms with van der Waals surface area (Å²) in [5, 5.41) is 4.28. The van der Waals surface area contributed by atoms with E-state index >= 15 is 0 Å². The number of benzene rings is 2. The highest BCUT2D eigenvalue weighted by Crippen LogP contribution is 2.45. The lowest BCUT2D eigenvalue weighted by molar-refractivity contribution is -0.0553. The molecule has 148 valence electrons. The highest BCUT2D eigenvalue weighted by Gasteiger charge is 2.48. The highest BCUT2D eigenvalue weighted by molar-refractivity contribution is 9.10. The van der Waals surface area contributed by atoms with Gasteiger partial charge in [-0.3, -0.25) is 4.90 Å². The Morgan fingerprint density at radius 2 is 1.68 bits per heavy atom. The van der Waals surface area contributed by atoms with Crippen molar-refractivity contribution >= 4 is 38.9 Å². The van der Waals surface area contributed by atoms with Crippen molar-refractivity contribution in [3.05, 3.63) is 64.6 Å². The smallest absolute Gasteiger partial charge is 0.173 e. The Bertz CT molecular complexity index is 838. The third-order valence-corrected chi connectivity index (χ3v) is 6.67. The number of likely N-dealkylation sites (tertiary alicyclic amines) is 2. The molecule has 0 radical (unpaired) electrons. The summed E-state index contributed by atoms with van der Waals surface area (Å²) < 4.78 is 1.16. The van der Waals surface area contributed by atoms with Crippen LogP contribution in [0, 0.1) is 10.8 Å². The van der Waals surface area contributed by atoms with Crippen LogP contribution in [-0.2, 0) is 6.54 Å². The molecule has 1 N–H and O–H groups in total. The first-order valence-corrected chi connectivity index (χ1v) is 11.1. The Balaban J connectivity index is 1.46. The average Bonchev–Trinajstić information content (AvgIpc) is 2.60. The predicted octanol–water partition coefficient (Wildman–Crippen LogP) is 5.38. The maximum Gasteiger partial charge on any atom is 0.173 e. The monoisotopic (exact) mass is 457 g/mol. The standard InChI is InChI=1S/C23H28BrN3S/c1-22-13-23(2,15-26(14-22)12-18-7-6-8-19(24)11-18)17-27(16-22)21(28)25-20-9-4-3-5-10-20/h3-11H,12-17H2,1-2H3,(H,25,28)/t22-,23-/m0/s1. The molecular formula is C23H28BrN3S. The topological polar surface area (TPSA) is 18.5 Å². The molecule has 2 atom stereocenters. The molecule has 2 aliphatic heterocycles. The minimum Gasteiger partial charge on any atom is -0.348 e. The molecule has 2 heterocycles. The number of hydrogen-bond acceptors (Lipinski definition) is 2. The van der Waals surface area contributed by atoms with Gasteiger partial charge in [0.1, 0.15) is 0 Å². The first-order valence-electron chi connectivity index (χ1n) is 9.90. The molecule has 0 saturated carbocycles. The number of nitrogens with zero attached hydrogens (tertiary/aromatic N) is 2. The summed E-state index contributed by atoms with van der Waals surface area (Å²) >= 11 is 9.38. The molecule has 3 nitrogen and oxygen atoms in total. The van der Waals surface area contributed by atoms with Gasteiger partial charge in [0.05, 0.1) is 0 Å². The molecule has 0 spiro atoms. The van der Waals surface area contributed by atoms with Gasteiger partial charge in [-0.2, -0.15) is 0 Å². The molecule has 0 amide bonds. The number of halogens is 1. The number of rotatable bonds is 3. The molecule has 2 aromatic rings. The molecular weight excluding hydrogens is 430 g/mol. The highest BCUT2D eigenvalue weighted by atomic mass is 79.9. The zero-order valence-corrected chi connectivity index (χ0v) is 19.0. The zero-order valence-electron chi connectivity index (χ0n) is 16.6. The van der Waals surface area contributed by atoms with Gasteiger partial charge in [0, 0.05) is 42.9 Å². The summed E-state index contributed by atoms with van der Waals surface area (Å²) in [5.74, 6) is 0. The molecule has 2 aromatic carbocycles. The van der Waals surface area contributed by atoms with Crippen molar-refractivity contribution in [2.24, 2.45) is 10.8 Å². The van der Waals surface area contributed by atoms with Crippen molar-refractivity contribution in [2.45, 2.75) is 26.8 Å². The minimum absolute atomic E-state index is 0.250. The SMILES string of the molecule is C[C@]12CN(Cc3cccc(Br)c3)C[C@@](C)(CN(C(=S)Nc3ccccc3)C1)C2. The van der Waals surface area contributed by atoms with Gasteiger partial charge in [-0.05, 0) is 59.3 Å². The quantitative estimate of drug-likeness (QED) is 0.623. The van der Waals surface area contributed by atoms with Crippen LogP contribution in [0.5, 0.6) is 0 Å². The van der Waals surface area contributed by atoms with E-state index < -0.39 is 0 Å². The normalized spacial score (nSPS) is 27.5. The third kappa shape index (κ3) is 4.58. The third-order valence-electron chi connectivity index (χ3n) is 5.82. The fourth-order valence-corrected chi connectivity index (χ4v) is 6.03. The second-order valence-electron chi connectivity index (χ2n) is 9.23. The van der Waals surface area contributed by atoms with Gasteiger partial charge in [-0.1, -0.05) is 60.1 Å². The van der Waals surface area contributed by atoms with E-state index in [4.69, 9.17) is 12.2 Å². The Morgan fingerprint density at radius 1 is 1.00 bits per heavy atom. The van der Waals surface area contributed by atoms with Gasteiger partial charge in [0.25, 0.3) is 0 Å². The second kappa shape index (κ2) is 7.77. The minimum atomic E-state index is 0.250. The Kier molecular flexibility index (Phi) is 5.51. The summed E-state index contributed by atoms with van der Waals surface area (Å²) in [6, 6.07) is 18.9. The summed E-state index contributed by atoms with van der Waals surface area (Å²) in [5.41, 5.74) is 2.94. The molecule has 0 unspecified atom stereocenters. The largest absolute Gasteiger partial charge is 0.348 e. The Labute approximate surface area is 182 Å². The maximum atomic E-state index is 5.78. The van der Waals surface area contributed by atoms with Crippen molar-refractivity contribution in [1.29, 1.82) is 0 Å². The van der Waals surface area contributed by atoms with Crippen molar-refractivity contribution in [3.8, 4) is 0 Å². The van der Waals surface area contributed by atoms with Crippen LogP contribution >= 0.6 is 28.1 Å². The van der Waals surface area contributed by atoms with E-state index in [1.165, 1.54) is 12.0 Å². The number of piperidine rings is 2. The summed E-state index contributed by atoms with van der Waals surface area (Å²) in [4.78, 5) is 5.03. The average molecular weight is 458 g/mol. The molecule has 2 aliphatic rings. The molecule has 5 heteroatoms. The van der Waals surface area contributed by atoms with E-state index in [0.29, 0.717) is 0 Å². The fourth-order valence-electron chi connectivity index (χ4n) is 5.34. The van der Waals surface area contributed by atoms with Crippen LogP contribution in [-0.4, -0.2) is 41.1 Å². The van der Waals surface area contributed by atoms with Gasteiger partial charge in [0.15, 0.2) is 5.11 Å². The molecule has 2 fully saturated rings. The zero-order chi connectivity index (χ0) is 19.8. The van der Waals surface area contributed by atoms with Crippen LogP contribution in [0.25, 0.3) is 0 Å². The summed E-state index contributed by atoms with van der Waals surface area (Å²) in [6.07, 6.45) is 1.26. The maximum absolute atomic E-state index is 5.78. The molecule has 28 heavy (non-hydrogen) atoms. The van der Waals surface area contributed by atoms with Gasteiger partial charge < -0.3 is 10.2 Å². The first kappa shape index (κ1) is 19.9. The number of nitrogens with one attached hydrogen (secondary N) is 1. The van der Waals surface area contributed by atoms with Gasteiger partial charge >= 0.3 is 0 Å². The Morgan fingerprint density at radius 3 is 2.32 bits per heavy atom. The lowest BCUT2D eigenvalue weighted by atomic mass is 9.65. The van der Waals surface area contributed by atoms with Crippen LogP contribution in [0.15, 0.2) is 59.1 Å². The number of para-hydroxylation sites is 1. The molecule has 2 saturated heterocycles. The van der Waals surface area contributed by atoms with Gasteiger partial charge in [0.2, 0.25) is 0 Å². The lowest BCUT2D eigenvalue weighted by Crippen LogP contribution is -2.63. The lowest BCUT2D eigenvalue weighted by Gasteiger charge is -2.57. The number of hydrogen-bond donors (Lipinski definition) is 1. The van der Waals surface area contributed by atoms with Crippen LogP contribution in [0.4, 0.5) is 5.69 Å². The second-order valence-corrected chi connectivity index (χ2v) is 10.5. The van der Waals surface area contributed by atoms with Crippen LogP contribution in [0.3, 0.4) is 0 Å². The number of anilines is 1. The van der Waals surface area contributed by atoms with Crippen molar-refractivity contribution < 1.29 is 0 Å². The van der Waals surface area contributed by atoms with Crippen molar-refractivity contribution in [3.63, 3.8) is 0 Å². The number of fused-ring (bicyclic) bond motifs is 2. The molecule has 4 rings (SSSR count). The van der Waals surface area contributed by atoms with Crippen LogP contribution in [0.2, 0.25) is 0 Å². The van der Waals surface area contributed by atoms with Crippen molar-refractivity contribution in [2.75, 3.05) is 31.5 Å². The number of thiocarbonyl (C=S) groups is 1. The van der Waals surface area contributed by atoms with Crippen LogP contribution in [0.1, 0.15) is 25.8 Å². The molecule has 2 bridgehead atoms. The van der Waals surface area contributed by atoms with E-state index in [-0.39, 0.29) is 10.8 Å². The molecule has 0 aromatic heterocycles. The van der Waals surface area contributed by atoms with Gasteiger partial charge in [-0.15, -0.1) is 0 Å². The molecule has 0 aliphatic carbocycles. The van der Waals surface area contributed by atoms with Gasteiger partial charge in [-0.25, -0.2) is 0 Å². The summed E-state index contributed by atoms with van der Waals surface area (Å²) in [6.45, 7) is 10.1. The van der Waals surface area contributed by atoms with E-state index in [0.717, 1.165) is 48.0 Å². The fraction of sp³-hybridized carbons (Fsp3) is 0.435. The summed E-state index contributed by atoms with van der Waals surface area (Å²) in [7, 11) is 0. The first-order chi connectivity index (χ1) is 13.3. The van der Waals surface area contributed by atoms with E-state index in [9.17, 15) is 0 Å². The van der Waals surface area contributed by atoms with Crippen LogP contribution < -0.4 is 5.32 Å². The van der Waals surface area contributed by atoms with E-state index in [1.54, 1.807) is 0 Å². The predicted molar refractivity (Wildman–Crippen MR) is 124 cm³/mol.